The van der Waals surface area contributed by atoms with Crippen LogP contribution in [-0.2, 0) is 30.5 Å². The highest BCUT2D eigenvalue weighted by molar-refractivity contribution is 7.92. The third kappa shape index (κ3) is 4.54. The van der Waals surface area contributed by atoms with Crippen molar-refractivity contribution in [1.29, 1.82) is 0 Å². The largest absolute Gasteiger partial charge is 0.352 e. The van der Waals surface area contributed by atoms with Crippen molar-refractivity contribution in [3.63, 3.8) is 0 Å². The van der Waals surface area contributed by atoms with E-state index in [1.54, 1.807) is 44.4 Å². The molecule has 1 aromatic heterocycles. The maximum Gasteiger partial charge on any atom is 0.328 e. The van der Waals surface area contributed by atoms with Crippen molar-refractivity contribution in [3.05, 3.63) is 94.4 Å². The highest BCUT2D eigenvalue weighted by Crippen LogP contribution is 2.23. The fourth-order valence-corrected chi connectivity index (χ4v) is 4.79. The lowest BCUT2D eigenvalue weighted by Gasteiger charge is -2.13. The summed E-state index contributed by atoms with van der Waals surface area (Å²) in [6, 6.07) is 20.7. The molecule has 8 nitrogen and oxygen atoms in total. The summed E-state index contributed by atoms with van der Waals surface area (Å²) >= 11 is 0. The summed E-state index contributed by atoms with van der Waals surface area (Å²) in [7, 11) is -0.784. The molecule has 9 heteroatoms. The van der Waals surface area contributed by atoms with E-state index >= 15 is 0 Å². The van der Waals surface area contributed by atoms with Crippen LogP contribution in [0.2, 0.25) is 0 Å². The van der Waals surface area contributed by atoms with Gasteiger partial charge in [0.1, 0.15) is 0 Å². The van der Waals surface area contributed by atoms with Gasteiger partial charge in [-0.2, -0.15) is 0 Å². The van der Waals surface area contributed by atoms with Crippen molar-refractivity contribution in [2.24, 2.45) is 14.1 Å². The second-order valence-electron chi connectivity index (χ2n) is 7.69. The Morgan fingerprint density at radius 1 is 0.879 bits per heavy atom. The number of imidazole rings is 1. The first-order chi connectivity index (χ1) is 15.8. The maximum absolute atomic E-state index is 13.1. The lowest BCUT2D eigenvalue weighted by molar-refractivity contribution is 0.0955. The molecule has 0 saturated heterocycles. The zero-order valence-corrected chi connectivity index (χ0v) is 19.1. The topological polar surface area (TPSA) is 102 Å². The molecular weight excluding hydrogens is 440 g/mol. The van der Waals surface area contributed by atoms with E-state index in [9.17, 15) is 18.0 Å². The lowest BCUT2D eigenvalue weighted by atomic mass is 10.1. The average molecular weight is 465 g/mol. The number of fused-ring (bicyclic) bond motifs is 1. The lowest BCUT2D eigenvalue weighted by Crippen LogP contribution is -2.27. The zero-order chi connectivity index (χ0) is 23.6. The summed E-state index contributed by atoms with van der Waals surface area (Å²) in [4.78, 5) is 24.9. The Morgan fingerprint density at radius 2 is 1.55 bits per heavy atom. The summed E-state index contributed by atoms with van der Waals surface area (Å²) in [6.07, 6.45) is 0.663. The Labute approximate surface area is 191 Å². The number of hydrogen-bond acceptors (Lipinski definition) is 4. The molecule has 0 atom stereocenters. The summed E-state index contributed by atoms with van der Waals surface area (Å²) < 4.78 is 31.5. The third-order valence-corrected chi connectivity index (χ3v) is 6.87. The Balaban J connectivity index is 1.55. The Kier molecular flexibility index (Phi) is 6.06. The summed E-state index contributed by atoms with van der Waals surface area (Å²) in [6.45, 7) is 0.419. The van der Waals surface area contributed by atoms with Gasteiger partial charge in [-0.1, -0.05) is 42.5 Å². The predicted molar refractivity (Wildman–Crippen MR) is 128 cm³/mol. The molecule has 170 valence electrons. The van der Waals surface area contributed by atoms with Crippen LogP contribution in [0.3, 0.4) is 0 Å². The van der Waals surface area contributed by atoms with Gasteiger partial charge in [0, 0.05) is 20.6 Å². The summed E-state index contributed by atoms with van der Waals surface area (Å²) in [5, 5.41) is 2.84. The molecule has 0 aliphatic rings. The number of rotatable bonds is 7. The van der Waals surface area contributed by atoms with E-state index in [4.69, 9.17) is 0 Å². The monoisotopic (exact) mass is 464 g/mol. The minimum absolute atomic E-state index is 0.00418. The van der Waals surface area contributed by atoms with Crippen LogP contribution in [0, 0.1) is 0 Å². The molecule has 0 saturated carbocycles. The molecule has 4 rings (SSSR count). The maximum atomic E-state index is 13.1. The first kappa shape index (κ1) is 22.3. The van der Waals surface area contributed by atoms with Gasteiger partial charge < -0.3 is 5.32 Å². The Hall–Kier alpha value is -3.85. The molecule has 0 spiro atoms. The number of anilines is 1. The van der Waals surface area contributed by atoms with Crippen LogP contribution in [0.4, 0.5) is 5.69 Å². The molecule has 0 fully saturated rings. The van der Waals surface area contributed by atoms with Gasteiger partial charge in [-0.05, 0) is 42.3 Å². The minimum atomic E-state index is -4.00. The molecule has 4 aromatic rings. The molecule has 2 N–H and O–H groups in total. The molecule has 3 aromatic carbocycles. The molecule has 0 radical (unpaired) electrons. The normalized spacial score (nSPS) is 11.5. The van der Waals surface area contributed by atoms with Crippen molar-refractivity contribution in [3.8, 4) is 0 Å². The fraction of sp³-hybridized carbons (Fsp3) is 0.167. The number of nitrogens with one attached hydrogen (secondary N) is 2. The molecular formula is C24H24N4O4S. The van der Waals surface area contributed by atoms with Crippen molar-refractivity contribution >= 4 is 32.7 Å². The van der Waals surface area contributed by atoms with E-state index in [0.717, 1.165) is 5.56 Å². The van der Waals surface area contributed by atoms with Gasteiger partial charge in [0.05, 0.1) is 27.2 Å². The van der Waals surface area contributed by atoms with E-state index in [-0.39, 0.29) is 27.7 Å². The number of para-hydroxylation sites is 1. The summed E-state index contributed by atoms with van der Waals surface area (Å²) in [5.74, 6) is -0.370. The quantitative estimate of drug-likeness (QED) is 0.439. The number of hydrogen-bond donors (Lipinski definition) is 2. The average Bonchev–Trinajstić information content (AvgIpc) is 3.03. The van der Waals surface area contributed by atoms with E-state index in [2.05, 4.69) is 10.0 Å². The smallest absolute Gasteiger partial charge is 0.328 e. The molecule has 0 aliphatic carbocycles. The fourth-order valence-electron chi connectivity index (χ4n) is 3.69. The van der Waals surface area contributed by atoms with Gasteiger partial charge in [0.25, 0.3) is 15.9 Å². The molecule has 0 unspecified atom stereocenters. The minimum Gasteiger partial charge on any atom is -0.352 e. The van der Waals surface area contributed by atoms with Gasteiger partial charge in [-0.25, -0.2) is 13.2 Å². The zero-order valence-electron chi connectivity index (χ0n) is 18.3. The highest BCUT2D eigenvalue weighted by atomic mass is 32.2. The number of carbonyl (C=O) groups excluding carboxylic acids is 1. The van der Waals surface area contributed by atoms with Gasteiger partial charge in [0.2, 0.25) is 0 Å². The Morgan fingerprint density at radius 3 is 2.30 bits per heavy atom. The van der Waals surface area contributed by atoms with Crippen molar-refractivity contribution in [1.82, 2.24) is 14.5 Å². The second kappa shape index (κ2) is 8.95. The van der Waals surface area contributed by atoms with Gasteiger partial charge in [0.15, 0.2) is 0 Å². The van der Waals surface area contributed by atoms with Gasteiger partial charge in [-0.15, -0.1) is 0 Å². The number of aromatic nitrogens is 2. The van der Waals surface area contributed by atoms with Gasteiger partial charge >= 0.3 is 5.69 Å². The standard InChI is InChI=1S/C24H24N4O4S/c1-27-21-13-12-18(16-22(21)28(2)24(27)30)33(31,32)26-20-11-7-6-10-19(20)23(29)25-15-14-17-8-4-3-5-9-17/h3-13,16,26H,14-15H2,1-2H3,(H,25,29). The van der Waals surface area contributed by atoms with Gasteiger partial charge in [-0.3, -0.25) is 18.7 Å². The number of amides is 1. The van der Waals surface area contributed by atoms with Crippen LogP contribution < -0.4 is 15.7 Å². The number of carbonyl (C=O) groups is 1. The Bertz CT molecular complexity index is 1490. The van der Waals surface area contributed by atoms with Crippen molar-refractivity contribution in [2.75, 3.05) is 11.3 Å². The van der Waals surface area contributed by atoms with Crippen LogP contribution in [0.25, 0.3) is 11.0 Å². The SMILES string of the molecule is Cn1c(=O)n(C)c2cc(S(=O)(=O)Nc3ccccc3C(=O)NCCc3ccccc3)ccc21. The van der Waals surface area contributed by atoms with E-state index < -0.39 is 10.0 Å². The van der Waals surface area contributed by atoms with Crippen LogP contribution in [-0.4, -0.2) is 30.0 Å². The predicted octanol–water partition coefficient (Wildman–Crippen LogP) is 2.65. The van der Waals surface area contributed by atoms with E-state index in [0.29, 0.717) is 24.0 Å². The van der Waals surface area contributed by atoms with Crippen LogP contribution in [0.1, 0.15) is 15.9 Å². The van der Waals surface area contributed by atoms with Crippen molar-refractivity contribution < 1.29 is 13.2 Å². The first-order valence-electron chi connectivity index (χ1n) is 10.4. The van der Waals surface area contributed by atoms with Crippen molar-refractivity contribution in [2.45, 2.75) is 11.3 Å². The number of sulfonamides is 1. The van der Waals surface area contributed by atoms with Crippen LogP contribution in [0.15, 0.2) is 82.5 Å². The molecule has 1 heterocycles. The molecule has 33 heavy (non-hydrogen) atoms. The summed E-state index contributed by atoms with van der Waals surface area (Å²) in [5.41, 5.74) is 2.37. The number of benzene rings is 3. The number of nitrogens with zero attached hydrogens (tertiary/aromatic N) is 2. The highest BCUT2D eigenvalue weighted by Gasteiger charge is 2.20. The van der Waals surface area contributed by atoms with Crippen LogP contribution in [0.5, 0.6) is 0 Å². The molecule has 0 aliphatic heterocycles. The van der Waals surface area contributed by atoms with E-state index in [1.165, 1.54) is 21.3 Å². The second-order valence-corrected chi connectivity index (χ2v) is 9.38. The molecule has 0 bridgehead atoms. The molecule has 1 amide bonds. The van der Waals surface area contributed by atoms with Crippen LogP contribution >= 0.6 is 0 Å². The number of aryl methyl sites for hydroxylation is 2. The van der Waals surface area contributed by atoms with E-state index in [1.807, 2.05) is 30.3 Å². The first-order valence-corrected chi connectivity index (χ1v) is 11.9. The third-order valence-electron chi connectivity index (χ3n) is 5.51.